The third-order valence-corrected chi connectivity index (χ3v) is 1.99. The van der Waals surface area contributed by atoms with E-state index in [-0.39, 0.29) is 17.5 Å². The molecule has 2 nitrogen and oxygen atoms in total. The number of nitrogens with two attached hydrogens (primary N) is 1. The molecule has 2 N–H and O–H groups in total. The second-order valence-electron chi connectivity index (χ2n) is 3.11. The van der Waals surface area contributed by atoms with Gasteiger partial charge in [0.25, 0.3) is 0 Å². The summed E-state index contributed by atoms with van der Waals surface area (Å²) >= 11 is 0. The molecular formula is C11H8F3NO. The van der Waals surface area contributed by atoms with Gasteiger partial charge in [0, 0.05) is 12.0 Å². The van der Waals surface area contributed by atoms with Gasteiger partial charge in [0.05, 0.1) is 5.56 Å². The summed E-state index contributed by atoms with van der Waals surface area (Å²) in [5.41, 5.74) is 4.31. The van der Waals surface area contributed by atoms with Crippen molar-refractivity contribution in [2.45, 2.75) is 12.6 Å². The maximum absolute atomic E-state index is 12.4. The number of alkyl halides is 3. The molecule has 0 heterocycles. The van der Waals surface area contributed by atoms with Crippen LogP contribution in [-0.2, 0) is 12.6 Å². The molecule has 0 bridgehead atoms. The van der Waals surface area contributed by atoms with Gasteiger partial charge in [-0.25, -0.2) is 0 Å². The van der Waals surface area contributed by atoms with E-state index < -0.39 is 17.6 Å². The third-order valence-electron chi connectivity index (χ3n) is 1.99. The predicted octanol–water partition coefficient (Wildman–Crippen LogP) is 1.98. The van der Waals surface area contributed by atoms with Crippen molar-refractivity contribution in [2.24, 2.45) is 5.73 Å². The Kier molecular flexibility index (Phi) is 3.23. The van der Waals surface area contributed by atoms with Crippen molar-refractivity contribution in [3.8, 4) is 12.3 Å². The Bertz CT molecular complexity index is 457. The van der Waals surface area contributed by atoms with Crippen molar-refractivity contribution in [3.63, 3.8) is 0 Å². The van der Waals surface area contributed by atoms with Crippen LogP contribution in [0.25, 0.3) is 0 Å². The van der Waals surface area contributed by atoms with E-state index in [4.69, 9.17) is 12.2 Å². The van der Waals surface area contributed by atoms with Crippen LogP contribution in [0.15, 0.2) is 18.2 Å². The Morgan fingerprint density at radius 1 is 1.44 bits per heavy atom. The van der Waals surface area contributed by atoms with Gasteiger partial charge in [-0.2, -0.15) is 13.2 Å². The molecule has 84 valence electrons. The number of carbonyl (C=O) groups excluding carboxylic acids is 1. The minimum Gasteiger partial charge on any atom is -0.366 e. The zero-order valence-electron chi connectivity index (χ0n) is 8.14. The molecule has 0 aliphatic rings. The summed E-state index contributed by atoms with van der Waals surface area (Å²) in [4.78, 5) is 10.9. The molecule has 16 heavy (non-hydrogen) atoms. The first kappa shape index (κ1) is 12.1. The Labute approximate surface area is 90.3 Å². The topological polar surface area (TPSA) is 43.1 Å². The number of benzene rings is 1. The Morgan fingerprint density at radius 3 is 2.50 bits per heavy atom. The Hall–Kier alpha value is -1.96. The molecule has 1 aromatic carbocycles. The lowest BCUT2D eigenvalue weighted by Crippen LogP contribution is -2.15. The predicted molar refractivity (Wildman–Crippen MR) is 52.5 cm³/mol. The minimum atomic E-state index is -4.46. The number of terminal acetylenes is 1. The first-order valence-electron chi connectivity index (χ1n) is 4.29. The molecule has 0 fully saturated rings. The largest absolute Gasteiger partial charge is 0.416 e. The van der Waals surface area contributed by atoms with Gasteiger partial charge < -0.3 is 5.73 Å². The van der Waals surface area contributed by atoms with E-state index in [0.29, 0.717) is 0 Å². The highest BCUT2D eigenvalue weighted by atomic mass is 19.4. The normalized spacial score (nSPS) is 10.9. The van der Waals surface area contributed by atoms with Gasteiger partial charge in [0.1, 0.15) is 0 Å². The van der Waals surface area contributed by atoms with Crippen molar-refractivity contribution < 1.29 is 18.0 Å². The number of hydrogen-bond acceptors (Lipinski definition) is 1. The summed E-state index contributed by atoms with van der Waals surface area (Å²) in [6.07, 6.45) is 0.479. The van der Waals surface area contributed by atoms with Gasteiger partial charge in [-0.3, -0.25) is 4.79 Å². The summed E-state index contributed by atoms with van der Waals surface area (Å²) in [5, 5.41) is 0. The number of primary amides is 1. The molecule has 0 radical (unpaired) electrons. The second kappa shape index (κ2) is 4.27. The molecule has 1 aromatic rings. The Balaban J connectivity index is 3.29. The SMILES string of the molecule is C#CCc1cc(C(F)(F)F)ccc1C(N)=O. The van der Waals surface area contributed by atoms with Crippen molar-refractivity contribution in [1.29, 1.82) is 0 Å². The average Bonchev–Trinajstić information content (AvgIpc) is 2.16. The second-order valence-corrected chi connectivity index (χ2v) is 3.11. The van der Waals surface area contributed by atoms with Crippen molar-refractivity contribution in [3.05, 3.63) is 34.9 Å². The lowest BCUT2D eigenvalue weighted by Gasteiger charge is -2.10. The maximum Gasteiger partial charge on any atom is 0.416 e. The molecule has 0 unspecified atom stereocenters. The van der Waals surface area contributed by atoms with Gasteiger partial charge in [-0.15, -0.1) is 12.3 Å². The molecule has 1 amide bonds. The zero-order chi connectivity index (χ0) is 12.3. The summed E-state index contributed by atoms with van der Waals surface area (Å²) in [6, 6.07) is 2.69. The highest BCUT2D eigenvalue weighted by molar-refractivity contribution is 5.94. The molecular weight excluding hydrogens is 219 g/mol. The van der Waals surface area contributed by atoms with Crippen molar-refractivity contribution in [2.75, 3.05) is 0 Å². The quantitative estimate of drug-likeness (QED) is 0.771. The number of halogens is 3. The molecule has 5 heteroatoms. The van der Waals surface area contributed by atoms with Crippen LogP contribution in [0, 0.1) is 12.3 Å². The summed E-state index contributed by atoms with van der Waals surface area (Å²) in [7, 11) is 0. The summed E-state index contributed by atoms with van der Waals surface area (Å²) < 4.78 is 37.1. The maximum atomic E-state index is 12.4. The molecule has 0 aliphatic carbocycles. The molecule has 0 saturated heterocycles. The van der Waals surface area contributed by atoms with Crippen LogP contribution in [0.4, 0.5) is 13.2 Å². The van der Waals surface area contributed by atoms with E-state index in [2.05, 4.69) is 5.92 Å². The van der Waals surface area contributed by atoms with Crippen LogP contribution in [-0.4, -0.2) is 5.91 Å². The van der Waals surface area contributed by atoms with Gasteiger partial charge in [-0.1, -0.05) is 0 Å². The number of amides is 1. The molecule has 0 atom stereocenters. The van der Waals surface area contributed by atoms with E-state index in [1.165, 1.54) is 0 Å². The average molecular weight is 227 g/mol. The molecule has 0 spiro atoms. The molecule has 0 aromatic heterocycles. The fourth-order valence-corrected chi connectivity index (χ4v) is 1.27. The van der Waals surface area contributed by atoms with Crippen LogP contribution >= 0.6 is 0 Å². The van der Waals surface area contributed by atoms with Crippen LogP contribution in [0.2, 0.25) is 0 Å². The highest BCUT2D eigenvalue weighted by Gasteiger charge is 2.31. The highest BCUT2D eigenvalue weighted by Crippen LogP contribution is 2.30. The van der Waals surface area contributed by atoms with E-state index >= 15 is 0 Å². The number of hydrogen-bond donors (Lipinski definition) is 1. The van der Waals surface area contributed by atoms with Crippen LogP contribution in [0.1, 0.15) is 21.5 Å². The van der Waals surface area contributed by atoms with Gasteiger partial charge in [0.2, 0.25) is 5.91 Å². The molecule has 0 aliphatic heterocycles. The smallest absolute Gasteiger partial charge is 0.366 e. The van der Waals surface area contributed by atoms with E-state index in [1.54, 1.807) is 0 Å². The first-order valence-corrected chi connectivity index (χ1v) is 4.29. The standard InChI is InChI=1S/C11H8F3NO/c1-2-3-7-6-8(11(12,13)14)4-5-9(7)10(15)16/h1,4-6H,3H2,(H2,15,16). The monoisotopic (exact) mass is 227 g/mol. The lowest BCUT2D eigenvalue weighted by molar-refractivity contribution is -0.137. The summed E-state index contributed by atoms with van der Waals surface area (Å²) in [5.74, 6) is 1.39. The fraction of sp³-hybridized carbons (Fsp3) is 0.182. The van der Waals surface area contributed by atoms with Gasteiger partial charge in [-0.05, 0) is 23.8 Å². The van der Waals surface area contributed by atoms with Crippen LogP contribution < -0.4 is 5.73 Å². The third kappa shape index (κ3) is 2.54. The van der Waals surface area contributed by atoms with Crippen LogP contribution in [0.5, 0.6) is 0 Å². The van der Waals surface area contributed by atoms with Gasteiger partial charge in [0.15, 0.2) is 0 Å². The van der Waals surface area contributed by atoms with Gasteiger partial charge >= 0.3 is 6.18 Å². The summed E-state index contributed by atoms with van der Waals surface area (Å²) in [6.45, 7) is 0. The molecule has 1 rings (SSSR count). The zero-order valence-corrected chi connectivity index (χ0v) is 8.14. The van der Waals surface area contributed by atoms with E-state index in [9.17, 15) is 18.0 Å². The van der Waals surface area contributed by atoms with Crippen LogP contribution in [0.3, 0.4) is 0 Å². The minimum absolute atomic E-state index is 0.0194. The first-order chi connectivity index (χ1) is 7.36. The number of carbonyl (C=O) groups is 1. The Morgan fingerprint density at radius 2 is 2.06 bits per heavy atom. The van der Waals surface area contributed by atoms with Crippen molar-refractivity contribution >= 4 is 5.91 Å². The molecule has 0 saturated carbocycles. The van der Waals surface area contributed by atoms with E-state index in [1.807, 2.05) is 0 Å². The van der Waals surface area contributed by atoms with Crippen molar-refractivity contribution in [1.82, 2.24) is 0 Å². The number of rotatable bonds is 2. The fourth-order valence-electron chi connectivity index (χ4n) is 1.27. The van der Waals surface area contributed by atoms with E-state index in [0.717, 1.165) is 18.2 Å². The lowest BCUT2D eigenvalue weighted by atomic mass is 10.0.